The minimum absolute atomic E-state index is 0.0282. The Kier molecular flexibility index (Phi) is 7.28. The van der Waals surface area contributed by atoms with Gasteiger partial charge in [-0.1, -0.05) is 30.3 Å². The highest BCUT2D eigenvalue weighted by Gasteiger charge is 2.51. The molecule has 0 spiro atoms. The van der Waals surface area contributed by atoms with Crippen molar-refractivity contribution < 1.29 is 14.7 Å². The lowest BCUT2D eigenvalue weighted by atomic mass is 9.75. The Morgan fingerprint density at radius 2 is 1.88 bits per heavy atom. The second-order valence-electron chi connectivity index (χ2n) is 10.8. The molecule has 0 radical (unpaired) electrons. The van der Waals surface area contributed by atoms with Gasteiger partial charge in [0.2, 0.25) is 0 Å². The van der Waals surface area contributed by atoms with Gasteiger partial charge in [-0.3, -0.25) is 19.0 Å². The molecular formula is C29H31N5O4S2. The van der Waals surface area contributed by atoms with E-state index in [0.29, 0.717) is 36.3 Å². The first-order chi connectivity index (χ1) is 19.3. The van der Waals surface area contributed by atoms with E-state index >= 15 is 0 Å². The van der Waals surface area contributed by atoms with Crippen LogP contribution < -0.4 is 5.56 Å². The number of rotatable bonds is 5. The summed E-state index contributed by atoms with van der Waals surface area (Å²) in [5.41, 5.74) is 0.459. The number of benzene rings is 1. The summed E-state index contributed by atoms with van der Waals surface area (Å²) in [4.78, 5) is 48.7. The zero-order valence-electron chi connectivity index (χ0n) is 22.2. The molecule has 0 bridgehead atoms. The number of aryl methyl sites for hydroxylation is 1. The normalized spacial score (nSPS) is 22.1. The second kappa shape index (κ2) is 10.9. The molecule has 5 heterocycles. The Labute approximate surface area is 239 Å². The molecule has 2 amide bonds. The minimum Gasteiger partial charge on any atom is -0.379 e. The van der Waals surface area contributed by atoms with Crippen molar-refractivity contribution in [3.63, 3.8) is 0 Å². The third-order valence-electron chi connectivity index (χ3n) is 8.39. The van der Waals surface area contributed by atoms with Crippen LogP contribution in [0, 0.1) is 12.8 Å². The van der Waals surface area contributed by atoms with Crippen molar-refractivity contribution in [2.45, 2.75) is 44.2 Å². The van der Waals surface area contributed by atoms with Crippen LogP contribution in [0.2, 0.25) is 0 Å². The van der Waals surface area contributed by atoms with Gasteiger partial charge >= 0.3 is 0 Å². The van der Waals surface area contributed by atoms with Gasteiger partial charge in [-0.2, -0.15) is 4.37 Å². The van der Waals surface area contributed by atoms with E-state index in [0.717, 1.165) is 23.2 Å². The smallest absolute Gasteiger partial charge is 0.262 e. The molecule has 11 heteroatoms. The van der Waals surface area contributed by atoms with E-state index in [1.807, 2.05) is 48.7 Å². The molecule has 9 nitrogen and oxygen atoms in total. The van der Waals surface area contributed by atoms with Crippen molar-refractivity contribution in [3.05, 3.63) is 80.7 Å². The number of aromatic nitrogens is 3. The summed E-state index contributed by atoms with van der Waals surface area (Å²) in [7, 11) is 0. The molecule has 2 aliphatic heterocycles. The Morgan fingerprint density at radius 1 is 1.10 bits per heavy atom. The van der Waals surface area contributed by atoms with Gasteiger partial charge in [0.25, 0.3) is 17.4 Å². The third-order valence-corrected chi connectivity index (χ3v) is 9.93. The average molecular weight is 578 g/mol. The molecule has 2 fully saturated rings. The maximum absolute atomic E-state index is 14.0. The van der Waals surface area contributed by atoms with Gasteiger partial charge < -0.3 is 14.9 Å². The first-order valence-electron chi connectivity index (χ1n) is 13.5. The maximum atomic E-state index is 14.0. The zero-order chi connectivity index (χ0) is 27.9. The second-order valence-corrected chi connectivity index (χ2v) is 12.3. The molecule has 0 aliphatic carbocycles. The summed E-state index contributed by atoms with van der Waals surface area (Å²) >= 11 is 2.71. The van der Waals surface area contributed by atoms with E-state index in [4.69, 9.17) is 0 Å². The molecule has 40 heavy (non-hydrogen) atoms. The molecule has 1 aromatic carbocycles. The Balaban J connectivity index is 1.17. The van der Waals surface area contributed by atoms with Crippen molar-refractivity contribution in [2.24, 2.45) is 5.92 Å². The SMILES string of the molecule is Cc1nscc1C(=O)N1CCC(O)(C(=O)N2CCC(Cn3cnc4sccc4c3=O)CC2)C(c2ccccc2)C1. The molecule has 6 rings (SSSR count). The molecule has 4 aromatic rings. The summed E-state index contributed by atoms with van der Waals surface area (Å²) in [6.07, 6.45) is 3.26. The number of aliphatic hydroxyl groups is 1. The molecule has 3 aromatic heterocycles. The minimum atomic E-state index is -1.61. The van der Waals surface area contributed by atoms with Crippen molar-refractivity contribution in [2.75, 3.05) is 26.2 Å². The van der Waals surface area contributed by atoms with Crippen LogP contribution in [0.1, 0.15) is 46.8 Å². The van der Waals surface area contributed by atoms with Gasteiger partial charge in [0.1, 0.15) is 4.83 Å². The lowest BCUT2D eigenvalue weighted by Crippen LogP contribution is -2.61. The number of piperidine rings is 2. The monoisotopic (exact) mass is 577 g/mol. The number of likely N-dealkylation sites (tertiary alicyclic amines) is 2. The lowest BCUT2D eigenvalue weighted by Gasteiger charge is -2.46. The fourth-order valence-electron chi connectivity index (χ4n) is 6.01. The van der Waals surface area contributed by atoms with Crippen LogP contribution >= 0.6 is 22.9 Å². The average Bonchev–Trinajstić information content (AvgIpc) is 3.64. The molecule has 2 unspecified atom stereocenters. The highest BCUT2D eigenvalue weighted by atomic mass is 32.1. The number of nitrogens with zero attached hydrogens (tertiary/aromatic N) is 5. The predicted molar refractivity (Wildman–Crippen MR) is 155 cm³/mol. The molecule has 208 valence electrons. The molecular weight excluding hydrogens is 546 g/mol. The van der Waals surface area contributed by atoms with E-state index in [-0.39, 0.29) is 42.8 Å². The van der Waals surface area contributed by atoms with Crippen molar-refractivity contribution in [3.8, 4) is 0 Å². The van der Waals surface area contributed by atoms with Crippen molar-refractivity contribution in [1.82, 2.24) is 23.7 Å². The largest absolute Gasteiger partial charge is 0.379 e. The zero-order valence-corrected chi connectivity index (χ0v) is 23.9. The number of carbonyl (C=O) groups excluding carboxylic acids is 2. The fraction of sp³-hybridized carbons (Fsp3) is 0.414. The molecule has 1 N–H and O–H groups in total. The van der Waals surface area contributed by atoms with Crippen LogP contribution in [0.5, 0.6) is 0 Å². The topological polar surface area (TPSA) is 109 Å². The Bertz CT molecular complexity index is 1590. The van der Waals surface area contributed by atoms with Gasteiger partial charge in [-0.05, 0) is 54.2 Å². The van der Waals surface area contributed by atoms with Gasteiger partial charge in [-0.25, -0.2) is 4.98 Å². The first-order valence-corrected chi connectivity index (χ1v) is 15.3. The Hall–Kier alpha value is -3.41. The van der Waals surface area contributed by atoms with Gasteiger partial charge in [-0.15, -0.1) is 11.3 Å². The number of amides is 2. The highest BCUT2D eigenvalue weighted by molar-refractivity contribution is 7.16. The summed E-state index contributed by atoms with van der Waals surface area (Å²) in [5, 5.41) is 16.3. The Morgan fingerprint density at radius 3 is 2.60 bits per heavy atom. The van der Waals surface area contributed by atoms with Crippen molar-refractivity contribution in [1.29, 1.82) is 0 Å². The van der Waals surface area contributed by atoms with Crippen LogP contribution in [-0.4, -0.2) is 72.4 Å². The standard InChI is InChI=1S/C29H31N5O4S2/c1-19-23(17-40-31-19)27(36)33-13-10-29(38,24(16-33)21-5-3-2-4-6-21)28(37)32-11-7-20(8-12-32)15-34-18-30-25-22(26(34)35)9-14-39-25/h2-6,9,14,17-18,20,24,38H,7-8,10-13,15-16H2,1H3. The van der Waals surface area contributed by atoms with Crippen LogP contribution in [0.4, 0.5) is 0 Å². The van der Waals surface area contributed by atoms with E-state index in [9.17, 15) is 19.5 Å². The van der Waals surface area contributed by atoms with Crippen LogP contribution in [-0.2, 0) is 11.3 Å². The summed E-state index contributed by atoms with van der Waals surface area (Å²) in [6.45, 7) is 3.94. The molecule has 2 atom stereocenters. The third kappa shape index (κ3) is 4.86. The number of fused-ring (bicyclic) bond motifs is 1. The van der Waals surface area contributed by atoms with Gasteiger partial charge in [0.15, 0.2) is 5.60 Å². The van der Waals surface area contributed by atoms with Crippen LogP contribution in [0.3, 0.4) is 0 Å². The van der Waals surface area contributed by atoms with Gasteiger partial charge in [0, 0.05) is 50.4 Å². The highest BCUT2D eigenvalue weighted by Crippen LogP contribution is 2.39. The first kappa shape index (κ1) is 26.8. The fourth-order valence-corrected chi connectivity index (χ4v) is 7.42. The number of hydrogen-bond donors (Lipinski definition) is 1. The van der Waals surface area contributed by atoms with Crippen LogP contribution in [0.15, 0.2) is 58.3 Å². The predicted octanol–water partition coefficient (Wildman–Crippen LogP) is 3.52. The number of hydrogen-bond acceptors (Lipinski definition) is 8. The number of carbonyl (C=O) groups is 2. The molecule has 2 aliphatic rings. The van der Waals surface area contributed by atoms with E-state index in [1.54, 1.807) is 26.1 Å². The molecule has 0 saturated carbocycles. The van der Waals surface area contributed by atoms with E-state index in [2.05, 4.69) is 9.36 Å². The molecule has 2 saturated heterocycles. The van der Waals surface area contributed by atoms with Gasteiger partial charge in [0.05, 0.1) is 23.0 Å². The van der Waals surface area contributed by atoms with E-state index in [1.165, 1.54) is 22.9 Å². The van der Waals surface area contributed by atoms with E-state index < -0.39 is 11.5 Å². The maximum Gasteiger partial charge on any atom is 0.262 e. The van der Waals surface area contributed by atoms with Crippen LogP contribution in [0.25, 0.3) is 10.2 Å². The summed E-state index contributed by atoms with van der Waals surface area (Å²) in [6, 6.07) is 11.3. The number of thiophene rings is 1. The summed E-state index contributed by atoms with van der Waals surface area (Å²) < 4.78 is 5.91. The quantitative estimate of drug-likeness (QED) is 0.389. The van der Waals surface area contributed by atoms with Crippen molar-refractivity contribution >= 4 is 44.9 Å². The lowest BCUT2D eigenvalue weighted by molar-refractivity contribution is -0.160. The summed E-state index contributed by atoms with van der Waals surface area (Å²) in [5.74, 6) is -0.710.